The second-order valence-corrected chi connectivity index (χ2v) is 6.06. The predicted molar refractivity (Wildman–Crippen MR) is 74.4 cm³/mol. The highest BCUT2D eigenvalue weighted by Crippen LogP contribution is 2.28. The zero-order chi connectivity index (χ0) is 12.8. The number of amides is 1. The van der Waals surface area contributed by atoms with Crippen LogP contribution in [0.4, 0.5) is 0 Å². The Morgan fingerprint density at radius 1 is 1.22 bits per heavy atom. The summed E-state index contributed by atoms with van der Waals surface area (Å²) >= 11 is 0. The van der Waals surface area contributed by atoms with Crippen molar-refractivity contribution in [2.75, 3.05) is 13.1 Å². The third kappa shape index (κ3) is 3.98. The van der Waals surface area contributed by atoms with Crippen LogP contribution >= 0.6 is 0 Å². The maximum atomic E-state index is 12.0. The molecule has 0 aromatic carbocycles. The fraction of sp³-hybridized carbons (Fsp3) is 0.933. The molecule has 1 aliphatic carbocycles. The number of unbranched alkanes of at least 4 members (excludes halogenated alkanes) is 1. The first-order valence-electron chi connectivity index (χ1n) is 7.80. The van der Waals surface area contributed by atoms with Gasteiger partial charge in [-0.05, 0) is 44.6 Å². The fourth-order valence-corrected chi connectivity index (χ4v) is 3.29. The van der Waals surface area contributed by atoms with Gasteiger partial charge in [0.2, 0.25) is 5.91 Å². The smallest absolute Gasteiger partial charge is 0.224 e. The molecule has 0 aromatic heterocycles. The zero-order valence-corrected chi connectivity index (χ0v) is 11.7. The maximum absolute atomic E-state index is 12.0. The average Bonchev–Trinajstić information content (AvgIpc) is 2.92. The summed E-state index contributed by atoms with van der Waals surface area (Å²) in [5.74, 6) is 1.44. The number of hydrogen-bond acceptors (Lipinski definition) is 2. The van der Waals surface area contributed by atoms with Crippen molar-refractivity contribution in [3.8, 4) is 0 Å². The highest BCUT2D eigenvalue weighted by Gasteiger charge is 2.26. The van der Waals surface area contributed by atoms with Gasteiger partial charge in [-0.3, -0.25) is 4.79 Å². The lowest BCUT2D eigenvalue weighted by molar-refractivity contribution is -0.125. The molecule has 3 heteroatoms. The van der Waals surface area contributed by atoms with E-state index in [1.54, 1.807) is 0 Å². The van der Waals surface area contributed by atoms with Crippen molar-refractivity contribution in [2.45, 2.75) is 64.3 Å². The highest BCUT2D eigenvalue weighted by atomic mass is 16.2. The normalized spacial score (nSPS) is 32.4. The van der Waals surface area contributed by atoms with E-state index < -0.39 is 0 Å². The molecular weight excluding hydrogens is 224 g/mol. The van der Waals surface area contributed by atoms with Crippen molar-refractivity contribution in [3.63, 3.8) is 0 Å². The Kier molecular flexibility index (Phi) is 5.48. The van der Waals surface area contributed by atoms with Crippen molar-refractivity contribution in [1.29, 1.82) is 0 Å². The standard InChI is InChI=1S/C15H28N2O/c1-2-3-4-12-5-7-14(8-6-12)17-15(18)13-9-10-16-11-13/h12-14,16H,2-11H2,1H3,(H,17,18). The topological polar surface area (TPSA) is 41.1 Å². The Morgan fingerprint density at radius 3 is 2.61 bits per heavy atom. The van der Waals surface area contributed by atoms with Gasteiger partial charge < -0.3 is 10.6 Å². The third-order valence-electron chi connectivity index (χ3n) is 4.59. The van der Waals surface area contributed by atoms with Gasteiger partial charge in [-0.15, -0.1) is 0 Å². The van der Waals surface area contributed by atoms with E-state index in [1.165, 1.54) is 44.9 Å². The number of hydrogen-bond donors (Lipinski definition) is 2. The van der Waals surface area contributed by atoms with Crippen LogP contribution in [0.5, 0.6) is 0 Å². The molecule has 0 spiro atoms. The maximum Gasteiger partial charge on any atom is 0.224 e. The molecule has 1 saturated carbocycles. The van der Waals surface area contributed by atoms with Gasteiger partial charge in [-0.1, -0.05) is 26.2 Å². The third-order valence-corrected chi connectivity index (χ3v) is 4.59. The summed E-state index contributed by atoms with van der Waals surface area (Å²) in [5.41, 5.74) is 0. The highest BCUT2D eigenvalue weighted by molar-refractivity contribution is 5.79. The lowest BCUT2D eigenvalue weighted by atomic mass is 9.83. The van der Waals surface area contributed by atoms with Crippen LogP contribution in [0, 0.1) is 11.8 Å². The molecule has 2 N–H and O–H groups in total. The summed E-state index contributed by atoms with van der Waals surface area (Å²) < 4.78 is 0. The molecule has 2 aliphatic rings. The molecule has 104 valence electrons. The summed E-state index contributed by atoms with van der Waals surface area (Å²) in [6.07, 6.45) is 10.1. The Balaban J connectivity index is 1.65. The van der Waals surface area contributed by atoms with Crippen molar-refractivity contribution in [1.82, 2.24) is 10.6 Å². The summed E-state index contributed by atoms with van der Waals surface area (Å²) in [4.78, 5) is 12.0. The molecule has 1 atom stereocenters. The van der Waals surface area contributed by atoms with Crippen molar-refractivity contribution in [2.24, 2.45) is 11.8 Å². The van der Waals surface area contributed by atoms with Crippen molar-refractivity contribution in [3.05, 3.63) is 0 Å². The average molecular weight is 252 g/mol. The summed E-state index contributed by atoms with van der Waals surface area (Å²) in [5, 5.41) is 6.52. The number of carbonyl (C=O) groups is 1. The molecule has 3 nitrogen and oxygen atoms in total. The van der Waals surface area contributed by atoms with Crippen LogP contribution in [0.3, 0.4) is 0 Å². The molecule has 1 aliphatic heterocycles. The second-order valence-electron chi connectivity index (χ2n) is 6.06. The van der Waals surface area contributed by atoms with E-state index in [9.17, 15) is 4.79 Å². The molecule has 18 heavy (non-hydrogen) atoms. The number of nitrogens with one attached hydrogen (secondary N) is 2. The van der Waals surface area contributed by atoms with E-state index in [-0.39, 0.29) is 11.8 Å². The molecule has 0 radical (unpaired) electrons. The van der Waals surface area contributed by atoms with Crippen LogP contribution in [0.1, 0.15) is 58.3 Å². The number of rotatable bonds is 5. The lowest BCUT2D eigenvalue weighted by Gasteiger charge is -2.29. The van der Waals surface area contributed by atoms with E-state index in [2.05, 4.69) is 17.6 Å². The van der Waals surface area contributed by atoms with Gasteiger partial charge in [0.05, 0.1) is 5.92 Å². The minimum atomic E-state index is 0.225. The molecule has 1 unspecified atom stereocenters. The van der Waals surface area contributed by atoms with E-state index >= 15 is 0 Å². The molecule has 2 rings (SSSR count). The Hall–Kier alpha value is -0.570. The summed E-state index contributed by atoms with van der Waals surface area (Å²) in [6.45, 7) is 4.14. The Bertz CT molecular complexity index is 253. The van der Waals surface area contributed by atoms with Crippen LogP contribution in [0.15, 0.2) is 0 Å². The van der Waals surface area contributed by atoms with E-state index in [4.69, 9.17) is 0 Å². The molecule has 2 fully saturated rings. The van der Waals surface area contributed by atoms with Gasteiger partial charge >= 0.3 is 0 Å². The molecule has 1 amide bonds. The largest absolute Gasteiger partial charge is 0.353 e. The van der Waals surface area contributed by atoms with E-state index in [1.807, 2.05) is 0 Å². The Morgan fingerprint density at radius 2 is 2.00 bits per heavy atom. The molecule has 0 aromatic rings. The second kappa shape index (κ2) is 7.13. The first kappa shape index (κ1) is 13.9. The first-order valence-corrected chi connectivity index (χ1v) is 7.80. The van der Waals surface area contributed by atoms with Crippen LogP contribution < -0.4 is 10.6 Å². The molecular formula is C15H28N2O. The van der Waals surface area contributed by atoms with Gasteiger partial charge in [0, 0.05) is 12.6 Å². The fourth-order valence-electron chi connectivity index (χ4n) is 3.29. The quantitative estimate of drug-likeness (QED) is 0.789. The van der Waals surface area contributed by atoms with Crippen LogP contribution in [0.25, 0.3) is 0 Å². The summed E-state index contributed by atoms with van der Waals surface area (Å²) in [6, 6.07) is 0.455. The van der Waals surface area contributed by atoms with E-state index in [0.717, 1.165) is 25.4 Å². The SMILES string of the molecule is CCCCC1CCC(NC(=O)C2CCNC2)CC1. The van der Waals surface area contributed by atoms with Gasteiger partial charge in [0.1, 0.15) is 0 Å². The van der Waals surface area contributed by atoms with Crippen molar-refractivity contribution < 1.29 is 4.79 Å². The minimum absolute atomic E-state index is 0.225. The van der Waals surface area contributed by atoms with Crippen LogP contribution in [-0.4, -0.2) is 25.0 Å². The molecule has 1 saturated heterocycles. The van der Waals surface area contributed by atoms with Gasteiger partial charge in [0.25, 0.3) is 0 Å². The first-order chi connectivity index (χ1) is 8.79. The lowest BCUT2D eigenvalue weighted by Crippen LogP contribution is -2.41. The van der Waals surface area contributed by atoms with Gasteiger partial charge in [-0.2, -0.15) is 0 Å². The van der Waals surface area contributed by atoms with Crippen LogP contribution in [0.2, 0.25) is 0 Å². The zero-order valence-electron chi connectivity index (χ0n) is 11.7. The monoisotopic (exact) mass is 252 g/mol. The minimum Gasteiger partial charge on any atom is -0.353 e. The molecule has 1 heterocycles. The van der Waals surface area contributed by atoms with E-state index in [0.29, 0.717) is 6.04 Å². The van der Waals surface area contributed by atoms with Gasteiger partial charge in [0.15, 0.2) is 0 Å². The van der Waals surface area contributed by atoms with Gasteiger partial charge in [-0.25, -0.2) is 0 Å². The Labute approximate surface area is 111 Å². The van der Waals surface area contributed by atoms with Crippen LogP contribution in [-0.2, 0) is 4.79 Å². The summed E-state index contributed by atoms with van der Waals surface area (Å²) in [7, 11) is 0. The predicted octanol–water partition coefficient (Wildman–Crippen LogP) is 2.46. The molecule has 0 bridgehead atoms. The number of carbonyl (C=O) groups excluding carboxylic acids is 1. The van der Waals surface area contributed by atoms with Crippen molar-refractivity contribution >= 4 is 5.91 Å².